The van der Waals surface area contributed by atoms with Gasteiger partial charge in [0, 0.05) is 42.5 Å². The summed E-state index contributed by atoms with van der Waals surface area (Å²) in [6.07, 6.45) is 6.57. The molecule has 1 amide bonds. The average molecular weight is 517 g/mol. The number of anilines is 3. The maximum absolute atomic E-state index is 12.1. The molecule has 4 rings (SSSR count). The van der Waals surface area contributed by atoms with Crippen molar-refractivity contribution in [3.8, 4) is 5.75 Å². The number of ether oxygens (including phenoxy) is 1. The lowest BCUT2D eigenvalue weighted by Crippen LogP contribution is -2.36. The molecular weight excluding hydrogens is 480 g/mol. The second-order valence-electron chi connectivity index (χ2n) is 9.21. The Bertz CT molecular complexity index is 1150. The van der Waals surface area contributed by atoms with Crippen LogP contribution >= 0.6 is 0 Å². The van der Waals surface area contributed by atoms with Gasteiger partial charge in [-0.15, -0.1) is 0 Å². The van der Waals surface area contributed by atoms with Crippen molar-refractivity contribution in [2.75, 3.05) is 42.7 Å². The topological polar surface area (TPSA) is 126 Å². The van der Waals surface area contributed by atoms with E-state index >= 15 is 0 Å². The van der Waals surface area contributed by atoms with Crippen LogP contribution in [0.1, 0.15) is 44.6 Å². The van der Waals surface area contributed by atoms with Gasteiger partial charge < -0.3 is 20.3 Å². The minimum absolute atomic E-state index is 0.0367. The molecule has 1 aliphatic heterocycles. The summed E-state index contributed by atoms with van der Waals surface area (Å²) in [5, 5.41) is 6.39. The van der Waals surface area contributed by atoms with Crippen LogP contribution in [0.25, 0.3) is 0 Å². The molecule has 3 N–H and O–H groups in total. The number of nitrogens with one attached hydrogen (secondary N) is 3. The largest absolute Gasteiger partial charge is 0.493 e. The van der Waals surface area contributed by atoms with Crippen molar-refractivity contribution in [1.29, 1.82) is 0 Å². The van der Waals surface area contributed by atoms with Gasteiger partial charge in [-0.2, -0.15) is 4.98 Å². The first kappa shape index (κ1) is 26.2. The van der Waals surface area contributed by atoms with E-state index in [9.17, 15) is 13.2 Å². The van der Waals surface area contributed by atoms with Crippen LogP contribution in [-0.2, 0) is 21.2 Å². The number of amides is 1. The van der Waals surface area contributed by atoms with E-state index in [-0.39, 0.29) is 23.6 Å². The molecule has 0 unspecified atom stereocenters. The standard InChI is InChI=1S/C25H36N6O4S/c1-3-27-24(32)18-8-10-19(11-9-18)29-25-28-14-12-23(30-25)31-15-13-20-21(31)6-4-7-22(20)35-16-5-17-36(33,34)26-2/h4,6-7,12,14,18-19,26H,3,5,8-11,13,15-17H2,1-2H3,(H,27,32)(H,28,29,30). The number of rotatable bonds is 11. The zero-order valence-electron chi connectivity index (χ0n) is 21.0. The van der Waals surface area contributed by atoms with E-state index < -0.39 is 10.0 Å². The third kappa shape index (κ3) is 6.44. The Balaban J connectivity index is 1.36. The molecule has 0 saturated heterocycles. The third-order valence-electron chi connectivity index (χ3n) is 6.81. The van der Waals surface area contributed by atoms with Crippen LogP contribution in [0.3, 0.4) is 0 Å². The van der Waals surface area contributed by atoms with Crippen LogP contribution < -0.4 is 25.0 Å². The van der Waals surface area contributed by atoms with Crippen LogP contribution in [0.15, 0.2) is 30.5 Å². The normalized spacial score (nSPS) is 19.6. The first-order valence-corrected chi connectivity index (χ1v) is 14.4. The first-order chi connectivity index (χ1) is 17.4. The number of hydrogen-bond acceptors (Lipinski definition) is 8. The predicted octanol–water partition coefficient (Wildman–Crippen LogP) is 2.60. The van der Waals surface area contributed by atoms with Crippen molar-refractivity contribution in [2.24, 2.45) is 5.92 Å². The van der Waals surface area contributed by atoms with Crippen LogP contribution in [0, 0.1) is 5.92 Å². The summed E-state index contributed by atoms with van der Waals surface area (Å²) in [5.74, 6) is 2.50. The molecule has 2 aliphatic rings. The Kier molecular flexibility index (Phi) is 8.63. The van der Waals surface area contributed by atoms with Gasteiger partial charge in [0.2, 0.25) is 21.9 Å². The van der Waals surface area contributed by atoms with Crippen molar-refractivity contribution in [1.82, 2.24) is 20.0 Å². The van der Waals surface area contributed by atoms with Gasteiger partial charge in [0.05, 0.1) is 12.4 Å². The Morgan fingerprint density at radius 3 is 2.75 bits per heavy atom. The minimum Gasteiger partial charge on any atom is -0.493 e. The molecular formula is C25H36N6O4S. The molecule has 196 valence electrons. The highest BCUT2D eigenvalue weighted by atomic mass is 32.2. The van der Waals surface area contributed by atoms with E-state index in [4.69, 9.17) is 9.72 Å². The number of carbonyl (C=O) groups excluding carboxylic acids is 1. The molecule has 11 heteroatoms. The molecule has 0 radical (unpaired) electrons. The van der Waals surface area contributed by atoms with Crippen LogP contribution in [0.2, 0.25) is 0 Å². The summed E-state index contributed by atoms with van der Waals surface area (Å²) in [4.78, 5) is 23.5. The number of benzene rings is 1. The molecule has 0 bridgehead atoms. The van der Waals surface area contributed by atoms with Crippen LogP contribution in [0.5, 0.6) is 5.75 Å². The number of carbonyl (C=O) groups is 1. The molecule has 0 atom stereocenters. The summed E-state index contributed by atoms with van der Waals surface area (Å²) in [6, 6.07) is 8.09. The Morgan fingerprint density at radius 2 is 2.00 bits per heavy atom. The maximum atomic E-state index is 12.1. The van der Waals surface area contributed by atoms with E-state index in [2.05, 4.69) is 31.3 Å². The van der Waals surface area contributed by atoms with Crippen molar-refractivity contribution in [2.45, 2.75) is 51.5 Å². The van der Waals surface area contributed by atoms with Gasteiger partial charge >= 0.3 is 0 Å². The number of hydrogen-bond donors (Lipinski definition) is 3. The Hall–Kier alpha value is -2.92. The molecule has 1 aromatic heterocycles. The van der Waals surface area contributed by atoms with Crippen molar-refractivity contribution < 1.29 is 17.9 Å². The Labute approximate surface area is 213 Å². The number of aromatic nitrogens is 2. The van der Waals surface area contributed by atoms with Gasteiger partial charge in [-0.05, 0) is 70.7 Å². The lowest BCUT2D eigenvalue weighted by Gasteiger charge is -2.28. The molecule has 1 aliphatic carbocycles. The van der Waals surface area contributed by atoms with Gasteiger partial charge in [0.1, 0.15) is 11.6 Å². The van der Waals surface area contributed by atoms with Crippen molar-refractivity contribution in [3.63, 3.8) is 0 Å². The molecule has 10 nitrogen and oxygen atoms in total. The second-order valence-corrected chi connectivity index (χ2v) is 11.3. The summed E-state index contributed by atoms with van der Waals surface area (Å²) in [7, 11) is -1.81. The number of nitrogens with zero attached hydrogens (tertiary/aromatic N) is 3. The van der Waals surface area contributed by atoms with Gasteiger partial charge in [-0.25, -0.2) is 18.1 Å². The maximum Gasteiger partial charge on any atom is 0.224 e. The lowest BCUT2D eigenvalue weighted by atomic mass is 9.85. The summed E-state index contributed by atoms with van der Waals surface area (Å²) >= 11 is 0. The molecule has 1 aromatic carbocycles. The quantitative estimate of drug-likeness (QED) is 0.389. The van der Waals surface area contributed by atoms with Crippen molar-refractivity contribution in [3.05, 3.63) is 36.0 Å². The average Bonchev–Trinajstić information content (AvgIpc) is 3.32. The van der Waals surface area contributed by atoms with Crippen molar-refractivity contribution >= 4 is 33.4 Å². The van der Waals surface area contributed by atoms with Crippen LogP contribution in [0.4, 0.5) is 17.5 Å². The molecule has 0 spiro atoms. The zero-order valence-corrected chi connectivity index (χ0v) is 21.8. The predicted molar refractivity (Wildman–Crippen MR) is 140 cm³/mol. The van der Waals surface area contributed by atoms with Gasteiger partial charge in [0.25, 0.3) is 0 Å². The second kappa shape index (κ2) is 11.9. The molecule has 2 heterocycles. The third-order valence-corrected chi connectivity index (χ3v) is 8.26. The lowest BCUT2D eigenvalue weighted by molar-refractivity contribution is -0.125. The zero-order chi connectivity index (χ0) is 25.5. The molecule has 36 heavy (non-hydrogen) atoms. The smallest absolute Gasteiger partial charge is 0.224 e. The van der Waals surface area contributed by atoms with E-state index in [1.807, 2.05) is 25.1 Å². The molecule has 1 saturated carbocycles. The monoisotopic (exact) mass is 516 g/mol. The fraction of sp³-hybridized carbons (Fsp3) is 0.560. The molecule has 1 fully saturated rings. The van der Waals surface area contributed by atoms with E-state index in [0.29, 0.717) is 25.5 Å². The molecule has 2 aromatic rings. The minimum atomic E-state index is -3.23. The van der Waals surface area contributed by atoms with Gasteiger partial charge in [0.15, 0.2) is 0 Å². The Morgan fingerprint density at radius 1 is 1.19 bits per heavy atom. The van der Waals surface area contributed by atoms with Crippen LogP contribution in [-0.4, -0.2) is 62.8 Å². The highest BCUT2D eigenvalue weighted by Gasteiger charge is 2.27. The SMILES string of the molecule is CCNC(=O)C1CCC(Nc2nccc(N3CCc4c(OCCCS(=O)(=O)NC)cccc43)n2)CC1. The highest BCUT2D eigenvalue weighted by molar-refractivity contribution is 7.89. The number of sulfonamides is 1. The van der Waals surface area contributed by atoms with E-state index in [1.54, 1.807) is 6.20 Å². The van der Waals surface area contributed by atoms with Gasteiger partial charge in [-0.3, -0.25) is 4.79 Å². The highest BCUT2D eigenvalue weighted by Crippen LogP contribution is 2.39. The van der Waals surface area contributed by atoms with Gasteiger partial charge in [-0.1, -0.05) is 6.07 Å². The van der Waals surface area contributed by atoms with E-state index in [0.717, 1.165) is 61.5 Å². The van der Waals surface area contributed by atoms with E-state index in [1.165, 1.54) is 7.05 Å². The summed E-state index contributed by atoms with van der Waals surface area (Å²) in [6.45, 7) is 3.73. The summed E-state index contributed by atoms with van der Waals surface area (Å²) in [5.41, 5.74) is 2.15. The fourth-order valence-electron chi connectivity index (χ4n) is 4.88. The first-order valence-electron chi connectivity index (χ1n) is 12.7. The number of fused-ring (bicyclic) bond motifs is 1. The fourth-order valence-corrected chi connectivity index (χ4v) is 5.58. The summed E-state index contributed by atoms with van der Waals surface area (Å²) < 4.78 is 31.5.